The zero-order valence-corrected chi connectivity index (χ0v) is 11.1. The summed E-state index contributed by atoms with van der Waals surface area (Å²) in [5.74, 6) is -1.41. The first kappa shape index (κ1) is 12.7. The van der Waals surface area contributed by atoms with Gasteiger partial charge in [-0.05, 0) is 28.1 Å². The molecule has 2 heterocycles. The molecule has 2 aromatic heterocycles. The van der Waals surface area contributed by atoms with Crippen molar-refractivity contribution in [2.24, 2.45) is 0 Å². The zero-order valence-electron chi connectivity index (χ0n) is 8.74. The molecule has 0 aliphatic carbocycles. The van der Waals surface area contributed by atoms with E-state index in [9.17, 15) is 14.9 Å². The monoisotopic (exact) mass is 331 g/mol. The molecule has 0 bridgehead atoms. The average molecular weight is 332 g/mol. The van der Waals surface area contributed by atoms with E-state index in [4.69, 9.17) is 5.11 Å². The Balaban J connectivity index is 2.32. The van der Waals surface area contributed by atoms with Gasteiger partial charge >= 0.3 is 11.7 Å². The molecule has 2 aromatic rings. The number of thiophene rings is 1. The van der Waals surface area contributed by atoms with Gasteiger partial charge in [0, 0.05) is 4.88 Å². The molecule has 7 nitrogen and oxygen atoms in total. The van der Waals surface area contributed by atoms with Crippen LogP contribution in [-0.4, -0.2) is 25.8 Å². The Bertz CT molecular complexity index is 590. The van der Waals surface area contributed by atoms with E-state index in [-0.39, 0.29) is 0 Å². The van der Waals surface area contributed by atoms with Gasteiger partial charge in [-0.2, -0.15) is 5.10 Å². The number of aromatic carboxylic acids is 1. The van der Waals surface area contributed by atoms with Gasteiger partial charge in [0.05, 0.1) is 15.3 Å². The molecule has 0 atom stereocenters. The van der Waals surface area contributed by atoms with Crippen molar-refractivity contribution in [3.8, 4) is 0 Å². The third-order valence-electron chi connectivity index (χ3n) is 2.09. The number of nitro groups is 1. The molecule has 0 amide bonds. The highest BCUT2D eigenvalue weighted by Crippen LogP contribution is 2.24. The Labute approximate surface area is 113 Å². The number of rotatable bonds is 4. The van der Waals surface area contributed by atoms with Crippen LogP contribution < -0.4 is 0 Å². The first-order valence-corrected chi connectivity index (χ1v) is 6.27. The maximum Gasteiger partial charge on any atom is 0.363 e. The first-order chi connectivity index (χ1) is 8.47. The second-order valence-corrected chi connectivity index (χ2v) is 5.88. The second kappa shape index (κ2) is 4.86. The Hall–Kier alpha value is -1.74. The van der Waals surface area contributed by atoms with Crippen molar-refractivity contribution in [1.29, 1.82) is 0 Å². The summed E-state index contributed by atoms with van der Waals surface area (Å²) in [7, 11) is 0. The largest absolute Gasteiger partial charge is 0.476 e. The van der Waals surface area contributed by atoms with Gasteiger partial charge in [-0.1, -0.05) is 0 Å². The molecule has 0 saturated carbocycles. The molecule has 0 aliphatic rings. The van der Waals surface area contributed by atoms with Crippen LogP contribution in [0.1, 0.15) is 15.4 Å². The van der Waals surface area contributed by atoms with E-state index in [2.05, 4.69) is 21.0 Å². The summed E-state index contributed by atoms with van der Waals surface area (Å²) >= 11 is 4.75. The molecular formula is C9H6BrN3O4S. The minimum absolute atomic E-state index is 0.296. The summed E-state index contributed by atoms with van der Waals surface area (Å²) in [6, 6.07) is 3.68. The van der Waals surface area contributed by atoms with E-state index < -0.39 is 22.3 Å². The maximum absolute atomic E-state index is 10.8. The van der Waals surface area contributed by atoms with E-state index in [1.807, 2.05) is 12.1 Å². The highest BCUT2D eigenvalue weighted by Gasteiger charge is 2.25. The van der Waals surface area contributed by atoms with Crippen molar-refractivity contribution >= 4 is 38.9 Å². The standard InChI is InChI=1S/C9H6BrN3O4S/c10-7-2-1-5(18-7)3-12-4-6(13(16)17)8(11-12)9(14)15/h1-2,4H,3H2,(H,14,15). The predicted octanol–water partition coefficient (Wildman–Crippen LogP) is 2.36. The molecular weight excluding hydrogens is 326 g/mol. The molecule has 2 rings (SSSR count). The lowest BCUT2D eigenvalue weighted by molar-refractivity contribution is -0.385. The van der Waals surface area contributed by atoms with Gasteiger partial charge in [0.25, 0.3) is 0 Å². The van der Waals surface area contributed by atoms with Crippen LogP contribution in [0, 0.1) is 10.1 Å². The van der Waals surface area contributed by atoms with E-state index in [1.165, 1.54) is 16.0 Å². The molecule has 18 heavy (non-hydrogen) atoms. The number of aromatic nitrogens is 2. The number of hydrogen-bond donors (Lipinski definition) is 1. The van der Waals surface area contributed by atoms with Crippen molar-refractivity contribution in [2.45, 2.75) is 6.54 Å². The van der Waals surface area contributed by atoms with Gasteiger partial charge in [0.2, 0.25) is 5.69 Å². The van der Waals surface area contributed by atoms with Gasteiger partial charge in [0.15, 0.2) is 0 Å². The molecule has 0 aliphatic heterocycles. The lowest BCUT2D eigenvalue weighted by Gasteiger charge is -1.95. The Morgan fingerprint density at radius 2 is 2.33 bits per heavy atom. The fourth-order valence-corrected chi connectivity index (χ4v) is 2.85. The summed E-state index contributed by atoms with van der Waals surface area (Å²) in [6.07, 6.45) is 1.12. The van der Waals surface area contributed by atoms with Crippen LogP contribution in [0.5, 0.6) is 0 Å². The topological polar surface area (TPSA) is 98.3 Å². The van der Waals surface area contributed by atoms with Crippen molar-refractivity contribution in [3.63, 3.8) is 0 Å². The van der Waals surface area contributed by atoms with Gasteiger partial charge < -0.3 is 5.11 Å². The Morgan fingerprint density at radius 3 is 2.78 bits per heavy atom. The highest BCUT2D eigenvalue weighted by molar-refractivity contribution is 9.11. The predicted molar refractivity (Wildman–Crippen MR) is 67.0 cm³/mol. The lowest BCUT2D eigenvalue weighted by atomic mass is 10.4. The third-order valence-corrected chi connectivity index (χ3v) is 3.70. The minimum atomic E-state index is -1.41. The number of halogens is 1. The fraction of sp³-hybridized carbons (Fsp3) is 0.111. The maximum atomic E-state index is 10.8. The van der Waals surface area contributed by atoms with Crippen LogP contribution >= 0.6 is 27.3 Å². The summed E-state index contributed by atoms with van der Waals surface area (Å²) in [4.78, 5) is 21.7. The number of nitrogens with zero attached hydrogens (tertiary/aromatic N) is 3. The van der Waals surface area contributed by atoms with E-state index >= 15 is 0 Å². The van der Waals surface area contributed by atoms with Crippen LogP contribution in [0.2, 0.25) is 0 Å². The smallest absolute Gasteiger partial charge is 0.363 e. The zero-order chi connectivity index (χ0) is 13.3. The number of carbonyl (C=O) groups is 1. The molecule has 1 N–H and O–H groups in total. The summed E-state index contributed by atoms with van der Waals surface area (Å²) in [5.41, 5.74) is -1.05. The van der Waals surface area contributed by atoms with Crippen molar-refractivity contribution in [3.05, 3.63) is 42.8 Å². The van der Waals surface area contributed by atoms with E-state index in [0.29, 0.717) is 6.54 Å². The normalized spacial score (nSPS) is 10.5. The van der Waals surface area contributed by atoms with Crippen LogP contribution in [0.4, 0.5) is 5.69 Å². The molecule has 0 unspecified atom stereocenters. The lowest BCUT2D eigenvalue weighted by Crippen LogP contribution is -2.03. The molecule has 0 radical (unpaired) electrons. The molecule has 0 aromatic carbocycles. The number of hydrogen-bond acceptors (Lipinski definition) is 5. The van der Waals surface area contributed by atoms with Gasteiger partial charge in [-0.15, -0.1) is 11.3 Å². The van der Waals surface area contributed by atoms with Crippen LogP contribution in [0.25, 0.3) is 0 Å². The van der Waals surface area contributed by atoms with Crippen molar-refractivity contribution < 1.29 is 14.8 Å². The van der Waals surface area contributed by atoms with Crippen LogP contribution in [0.3, 0.4) is 0 Å². The van der Waals surface area contributed by atoms with E-state index in [1.54, 1.807) is 0 Å². The SMILES string of the molecule is O=C(O)c1nn(Cc2ccc(Br)s2)cc1[N+](=O)[O-]. The fourth-order valence-electron chi connectivity index (χ4n) is 1.37. The van der Waals surface area contributed by atoms with Gasteiger partial charge in [-0.3, -0.25) is 14.8 Å². The van der Waals surface area contributed by atoms with Gasteiger partial charge in [0.1, 0.15) is 6.20 Å². The van der Waals surface area contributed by atoms with Crippen LogP contribution in [-0.2, 0) is 6.54 Å². The highest BCUT2D eigenvalue weighted by atomic mass is 79.9. The quantitative estimate of drug-likeness (QED) is 0.684. The van der Waals surface area contributed by atoms with Crippen LogP contribution in [0.15, 0.2) is 22.1 Å². The molecule has 0 saturated heterocycles. The van der Waals surface area contributed by atoms with E-state index in [0.717, 1.165) is 14.9 Å². The Kier molecular flexibility index (Phi) is 3.43. The van der Waals surface area contributed by atoms with Crippen molar-refractivity contribution in [2.75, 3.05) is 0 Å². The Morgan fingerprint density at radius 1 is 1.61 bits per heavy atom. The average Bonchev–Trinajstić information content (AvgIpc) is 2.85. The van der Waals surface area contributed by atoms with Crippen molar-refractivity contribution in [1.82, 2.24) is 9.78 Å². The number of carboxylic acids is 1. The minimum Gasteiger partial charge on any atom is -0.476 e. The summed E-state index contributed by atoms with van der Waals surface area (Å²) in [6.45, 7) is 0.296. The molecule has 94 valence electrons. The van der Waals surface area contributed by atoms with Gasteiger partial charge in [-0.25, -0.2) is 4.79 Å². The molecule has 9 heteroatoms. The summed E-state index contributed by atoms with van der Waals surface area (Å²) < 4.78 is 2.18. The number of carboxylic acid groups (broad SMARTS) is 1. The first-order valence-electron chi connectivity index (χ1n) is 4.66. The molecule has 0 spiro atoms. The third kappa shape index (κ3) is 2.57. The summed E-state index contributed by atoms with van der Waals surface area (Å²) in [5, 5.41) is 23.2. The molecule has 0 fully saturated rings. The second-order valence-electron chi connectivity index (χ2n) is 3.33.